The molecule has 0 aliphatic rings. The molecule has 18 heavy (non-hydrogen) atoms. The smallest absolute Gasteiger partial charge is 0.161 e. The Bertz CT molecular complexity index is 500. The van der Waals surface area contributed by atoms with Crippen LogP contribution in [-0.2, 0) is 0 Å². The van der Waals surface area contributed by atoms with Crippen molar-refractivity contribution < 1.29 is 9.47 Å². The van der Waals surface area contributed by atoms with Gasteiger partial charge in [0, 0.05) is 11.1 Å². The Kier molecular flexibility index (Phi) is 4.17. The molecule has 0 aliphatic heterocycles. The van der Waals surface area contributed by atoms with Gasteiger partial charge in [-0.15, -0.1) is 11.3 Å². The third-order valence-corrected chi connectivity index (χ3v) is 3.46. The highest BCUT2D eigenvalue weighted by atomic mass is 32.1. The molecule has 2 N–H and O–H groups in total. The zero-order valence-electron chi connectivity index (χ0n) is 10.4. The molecule has 1 heterocycles. The average molecular weight is 264 g/mol. The first-order valence-electron chi connectivity index (χ1n) is 5.71. The van der Waals surface area contributed by atoms with E-state index in [2.05, 4.69) is 4.98 Å². The van der Waals surface area contributed by atoms with Gasteiger partial charge >= 0.3 is 0 Å². The summed E-state index contributed by atoms with van der Waals surface area (Å²) in [5.41, 5.74) is 8.96. The van der Waals surface area contributed by atoms with Crippen LogP contribution in [-0.4, -0.2) is 18.7 Å². The van der Waals surface area contributed by atoms with Crippen molar-refractivity contribution in [2.45, 2.75) is 13.0 Å². The van der Waals surface area contributed by atoms with Gasteiger partial charge in [-0.25, -0.2) is 0 Å². The quantitative estimate of drug-likeness (QED) is 0.901. The number of hydrogen-bond donors (Lipinski definition) is 1. The third kappa shape index (κ3) is 2.63. The molecule has 1 atom stereocenters. The van der Waals surface area contributed by atoms with Crippen LogP contribution in [0, 0.1) is 0 Å². The second kappa shape index (κ2) is 5.84. The van der Waals surface area contributed by atoms with Crippen molar-refractivity contribution in [1.82, 2.24) is 4.98 Å². The number of aromatic nitrogens is 1. The molecule has 1 unspecified atom stereocenters. The molecule has 0 bridgehead atoms. The Labute approximate surface area is 110 Å². The van der Waals surface area contributed by atoms with Gasteiger partial charge in [-0.3, -0.25) is 4.98 Å². The van der Waals surface area contributed by atoms with Crippen molar-refractivity contribution in [3.05, 3.63) is 40.3 Å². The predicted molar refractivity (Wildman–Crippen MR) is 72.3 cm³/mol. The van der Waals surface area contributed by atoms with Gasteiger partial charge in [0.2, 0.25) is 0 Å². The van der Waals surface area contributed by atoms with Crippen LogP contribution in [0.2, 0.25) is 0 Å². The Hall–Kier alpha value is -1.59. The fourth-order valence-corrected chi connectivity index (χ4v) is 2.35. The lowest BCUT2D eigenvalue weighted by atomic mass is 10.1. The van der Waals surface area contributed by atoms with Crippen LogP contribution < -0.4 is 15.2 Å². The van der Waals surface area contributed by atoms with Crippen molar-refractivity contribution in [3.63, 3.8) is 0 Å². The Balaban J connectivity index is 2.31. The number of rotatable bonds is 5. The minimum absolute atomic E-state index is 0.178. The van der Waals surface area contributed by atoms with E-state index in [-0.39, 0.29) is 6.04 Å². The molecule has 0 spiro atoms. The molecule has 0 amide bonds. The van der Waals surface area contributed by atoms with E-state index < -0.39 is 0 Å². The third-order valence-electron chi connectivity index (χ3n) is 2.60. The van der Waals surface area contributed by atoms with Crippen LogP contribution >= 0.6 is 11.3 Å². The van der Waals surface area contributed by atoms with Gasteiger partial charge in [0.25, 0.3) is 0 Å². The summed E-state index contributed by atoms with van der Waals surface area (Å²) in [5.74, 6) is 1.44. The molecule has 0 saturated carbocycles. The van der Waals surface area contributed by atoms with Gasteiger partial charge in [-0.05, 0) is 24.6 Å². The minimum Gasteiger partial charge on any atom is -0.493 e. The predicted octanol–water partition coefficient (Wildman–Crippen LogP) is 2.60. The Morgan fingerprint density at radius 2 is 2.22 bits per heavy atom. The summed E-state index contributed by atoms with van der Waals surface area (Å²) in [4.78, 5) is 5.07. The maximum atomic E-state index is 6.19. The lowest BCUT2D eigenvalue weighted by molar-refractivity contribution is 0.310. The molecule has 2 aromatic rings. The number of nitrogens with two attached hydrogens (primary N) is 1. The minimum atomic E-state index is -0.178. The lowest BCUT2D eigenvalue weighted by Gasteiger charge is -2.14. The zero-order valence-corrected chi connectivity index (χ0v) is 11.2. The van der Waals surface area contributed by atoms with Crippen LogP contribution in [0.1, 0.15) is 23.4 Å². The molecule has 0 fully saturated rings. The maximum absolute atomic E-state index is 6.19. The standard InChI is InChI=1S/C13H16N2O2S/c1-3-17-11-6-9(4-5-10(11)16-2)13(14)12-7-15-8-18-12/h4-8,13H,3,14H2,1-2H3. The average Bonchev–Trinajstić information content (AvgIpc) is 2.92. The summed E-state index contributed by atoms with van der Waals surface area (Å²) < 4.78 is 10.8. The number of methoxy groups -OCH3 is 1. The van der Waals surface area contributed by atoms with Crippen LogP contribution in [0.15, 0.2) is 29.9 Å². The molecule has 0 radical (unpaired) electrons. The summed E-state index contributed by atoms with van der Waals surface area (Å²) >= 11 is 1.55. The van der Waals surface area contributed by atoms with Crippen molar-refractivity contribution in [3.8, 4) is 11.5 Å². The van der Waals surface area contributed by atoms with Crippen molar-refractivity contribution in [2.24, 2.45) is 5.73 Å². The number of thiazole rings is 1. The van der Waals surface area contributed by atoms with Gasteiger partial charge in [-0.1, -0.05) is 6.07 Å². The molecule has 1 aromatic carbocycles. The Morgan fingerprint density at radius 3 is 2.83 bits per heavy atom. The van der Waals surface area contributed by atoms with Gasteiger partial charge < -0.3 is 15.2 Å². The van der Waals surface area contributed by atoms with E-state index in [1.165, 1.54) is 0 Å². The second-order valence-electron chi connectivity index (χ2n) is 3.72. The summed E-state index contributed by atoms with van der Waals surface area (Å²) in [6.07, 6.45) is 1.79. The van der Waals surface area contributed by atoms with Crippen LogP contribution in [0.25, 0.3) is 0 Å². The van der Waals surface area contributed by atoms with Crippen molar-refractivity contribution in [1.29, 1.82) is 0 Å². The number of benzene rings is 1. The van der Waals surface area contributed by atoms with Gasteiger partial charge in [0.1, 0.15) is 0 Å². The monoisotopic (exact) mass is 264 g/mol. The molecule has 5 heteroatoms. The van der Waals surface area contributed by atoms with Gasteiger partial charge in [-0.2, -0.15) is 0 Å². The molecule has 0 aliphatic carbocycles. The molecule has 1 aromatic heterocycles. The molecule has 2 rings (SSSR count). The SMILES string of the molecule is CCOc1cc(C(N)c2cncs2)ccc1OC. The maximum Gasteiger partial charge on any atom is 0.161 e. The first kappa shape index (κ1) is 12.9. The normalized spacial score (nSPS) is 12.2. The number of hydrogen-bond acceptors (Lipinski definition) is 5. The summed E-state index contributed by atoms with van der Waals surface area (Å²) in [7, 11) is 1.63. The first-order chi connectivity index (χ1) is 8.76. The van der Waals surface area contributed by atoms with Crippen LogP contribution in [0.4, 0.5) is 0 Å². The van der Waals surface area contributed by atoms with Gasteiger partial charge in [0.05, 0.1) is 25.3 Å². The number of nitrogens with zero attached hydrogens (tertiary/aromatic N) is 1. The van der Waals surface area contributed by atoms with E-state index in [1.807, 2.05) is 25.1 Å². The molecule has 96 valence electrons. The highest BCUT2D eigenvalue weighted by Crippen LogP contribution is 2.32. The molecule has 4 nitrogen and oxygen atoms in total. The van der Waals surface area contributed by atoms with E-state index in [4.69, 9.17) is 15.2 Å². The first-order valence-corrected chi connectivity index (χ1v) is 6.59. The van der Waals surface area contributed by atoms with Crippen LogP contribution in [0.5, 0.6) is 11.5 Å². The van der Waals surface area contributed by atoms with Crippen molar-refractivity contribution in [2.75, 3.05) is 13.7 Å². The highest BCUT2D eigenvalue weighted by Gasteiger charge is 2.13. The van der Waals surface area contributed by atoms with Gasteiger partial charge in [0.15, 0.2) is 11.5 Å². The van der Waals surface area contributed by atoms with E-state index in [0.717, 1.165) is 21.9 Å². The van der Waals surface area contributed by atoms with E-state index in [1.54, 1.807) is 30.2 Å². The summed E-state index contributed by atoms with van der Waals surface area (Å²) in [6, 6.07) is 5.57. The fourth-order valence-electron chi connectivity index (χ4n) is 1.70. The zero-order chi connectivity index (χ0) is 13.0. The Morgan fingerprint density at radius 1 is 1.39 bits per heavy atom. The van der Waals surface area contributed by atoms with Crippen molar-refractivity contribution >= 4 is 11.3 Å². The molecular formula is C13H16N2O2S. The lowest BCUT2D eigenvalue weighted by Crippen LogP contribution is -2.10. The molecular weight excluding hydrogens is 248 g/mol. The van der Waals surface area contributed by atoms with E-state index >= 15 is 0 Å². The number of ether oxygens (including phenoxy) is 2. The molecule has 0 saturated heterocycles. The summed E-state index contributed by atoms with van der Waals surface area (Å²) in [6.45, 7) is 2.53. The summed E-state index contributed by atoms with van der Waals surface area (Å²) in [5, 5.41) is 0. The van der Waals surface area contributed by atoms with E-state index in [0.29, 0.717) is 6.61 Å². The highest BCUT2D eigenvalue weighted by molar-refractivity contribution is 7.09. The fraction of sp³-hybridized carbons (Fsp3) is 0.308. The van der Waals surface area contributed by atoms with E-state index in [9.17, 15) is 0 Å². The largest absolute Gasteiger partial charge is 0.493 e. The second-order valence-corrected chi connectivity index (χ2v) is 4.64. The van der Waals surface area contributed by atoms with Crippen LogP contribution in [0.3, 0.4) is 0 Å². The topological polar surface area (TPSA) is 57.4 Å².